The minimum Gasteiger partial charge on any atom is -0.379 e. The first-order chi connectivity index (χ1) is 13.3. The van der Waals surface area contributed by atoms with Crippen LogP contribution < -0.4 is 5.43 Å². The van der Waals surface area contributed by atoms with Crippen LogP contribution in [0.4, 0.5) is 0 Å². The first kappa shape index (κ1) is 19.9. The maximum atomic E-state index is 12.3. The number of rotatable bonds is 6. The van der Waals surface area contributed by atoms with Gasteiger partial charge in [-0.25, -0.2) is 20.3 Å². The number of hydrogen-bond donors (Lipinski definition) is 4. The Morgan fingerprint density at radius 1 is 1.18 bits per heavy atom. The summed E-state index contributed by atoms with van der Waals surface area (Å²) in [6.45, 7) is 7.42. The lowest BCUT2D eigenvalue weighted by Gasteiger charge is -2.28. The number of aromatic amines is 1. The van der Waals surface area contributed by atoms with Crippen molar-refractivity contribution in [1.29, 1.82) is 0 Å². The average Bonchev–Trinajstić information content (AvgIpc) is 3.14. The lowest BCUT2D eigenvalue weighted by Crippen LogP contribution is -2.39. The van der Waals surface area contributed by atoms with Gasteiger partial charge in [-0.05, 0) is 51.0 Å². The van der Waals surface area contributed by atoms with Gasteiger partial charge in [-0.1, -0.05) is 0 Å². The summed E-state index contributed by atoms with van der Waals surface area (Å²) < 4.78 is 0. The molecule has 9 nitrogen and oxygen atoms in total. The SMILES string of the molecule is Cc1[nH]c(C=C2C(=O)NN=C2c2ncccn2)c(C)c1CN(C(C)O)C(C)O. The summed E-state index contributed by atoms with van der Waals surface area (Å²) in [5.41, 5.74) is 6.71. The van der Waals surface area contributed by atoms with Gasteiger partial charge >= 0.3 is 0 Å². The van der Waals surface area contributed by atoms with Crippen molar-refractivity contribution in [1.82, 2.24) is 25.3 Å². The van der Waals surface area contributed by atoms with Crippen molar-refractivity contribution in [3.05, 3.63) is 52.4 Å². The number of aryl methyl sites for hydroxylation is 1. The maximum absolute atomic E-state index is 12.3. The zero-order chi connectivity index (χ0) is 20.4. The fraction of sp³-hybridized carbons (Fsp3) is 0.368. The molecule has 0 bridgehead atoms. The van der Waals surface area contributed by atoms with Crippen molar-refractivity contribution in [3.8, 4) is 0 Å². The second-order valence-electron chi connectivity index (χ2n) is 6.74. The van der Waals surface area contributed by atoms with E-state index in [0.717, 1.165) is 22.5 Å². The van der Waals surface area contributed by atoms with Crippen LogP contribution in [0.2, 0.25) is 0 Å². The van der Waals surface area contributed by atoms with Gasteiger partial charge in [0.15, 0.2) is 5.82 Å². The molecule has 2 aromatic rings. The van der Waals surface area contributed by atoms with Crippen molar-refractivity contribution in [3.63, 3.8) is 0 Å². The van der Waals surface area contributed by atoms with E-state index in [4.69, 9.17) is 0 Å². The second-order valence-corrected chi connectivity index (χ2v) is 6.74. The number of hydrazone groups is 1. The zero-order valence-electron chi connectivity index (χ0n) is 16.3. The van der Waals surface area contributed by atoms with E-state index < -0.39 is 12.5 Å². The number of carbonyl (C=O) groups excluding carboxylic acids is 1. The van der Waals surface area contributed by atoms with Gasteiger partial charge in [0.1, 0.15) is 18.2 Å². The molecule has 2 aromatic heterocycles. The summed E-state index contributed by atoms with van der Waals surface area (Å²) in [4.78, 5) is 25.4. The van der Waals surface area contributed by atoms with Crippen molar-refractivity contribution in [2.24, 2.45) is 5.10 Å². The molecule has 2 unspecified atom stereocenters. The van der Waals surface area contributed by atoms with E-state index >= 15 is 0 Å². The van der Waals surface area contributed by atoms with Crippen molar-refractivity contribution >= 4 is 17.7 Å². The smallest absolute Gasteiger partial charge is 0.273 e. The average molecular weight is 384 g/mol. The molecular formula is C19H24N6O3. The molecule has 1 amide bonds. The number of amides is 1. The van der Waals surface area contributed by atoms with Crippen LogP contribution in [0, 0.1) is 13.8 Å². The van der Waals surface area contributed by atoms with Crippen LogP contribution in [0.5, 0.6) is 0 Å². The molecule has 3 rings (SSSR count). The monoisotopic (exact) mass is 384 g/mol. The number of aliphatic hydroxyl groups is 2. The summed E-state index contributed by atoms with van der Waals surface area (Å²) >= 11 is 0. The van der Waals surface area contributed by atoms with E-state index in [1.54, 1.807) is 43.3 Å². The van der Waals surface area contributed by atoms with Crippen LogP contribution in [0.1, 0.15) is 42.2 Å². The Bertz CT molecular complexity index is 923. The lowest BCUT2D eigenvalue weighted by atomic mass is 10.0. The molecule has 0 fully saturated rings. The molecule has 0 aliphatic carbocycles. The van der Waals surface area contributed by atoms with E-state index in [1.165, 1.54) is 0 Å². The Labute approximate surface area is 162 Å². The molecule has 0 saturated carbocycles. The maximum Gasteiger partial charge on any atom is 0.273 e. The first-order valence-electron chi connectivity index (χ1n) is 8.97. The fourth-order valence-corrected chi connectivity index (χ4v) is 3.16. The molecule has 0 radical (unpaired) electrons. The van der Waals surface area contributed by atoms with E-state index in [1.807, 2.05) is 13.8 Å². The number of aliphatic hydroxyl groups excluding tert-OH is 2. The zero-order valence-corrected chi connectivity index (χ0v) is 16.3. The van der Waals surface area contributed by atoms with E-state index in [2.05, 4.69) is 25.5 Å². The predicted octanol–water partition coefficient (Wildman–Crippen LogP) is 0.818. The van der Waals surface area contributed by atoms with Gasteiger partial charge in [-0.2, -0.15) is 5.10 Å². The van der Waals surface area contributed by atoms with Gasteiger partial charge in [0.05, 0.1) is 5.57 Å². The van der Waals surface area contributed by atoms with E-state index in [9.17, 15) is 15.0 Å². The summed E-state index contributed by atoms with van der Waals surface area (Å²) in [6, 6.07) is 1.69. The molecular weight excluding hydrogens is 360 g/mol. The highest BCUT2D eigenvalue weighted by Gasteiger charge is 2.27. The molecule has 1 aliphatic heterocycles. The van der Waals surface area contributed by atoms with Crippen LogP contribution in [-0.4, -0.2) is 54.1 Å². The van der Waals surface area contributed by atoms with Crippen molar-refractivity contribution < 1.29 is 15.0 Å². The quantitative estimate of drug-likeness (QED) is 0.431. The molecule has 0 aromatic carbocycles. The van der Waals surface area contributed by atoms with Crippen LogP contribution in [-0.2, 0) is 11.3 Å². The van der Waals surface area contributed by atoms with Gasteiger partial charge in [-0.3, -0.25) is 4.79 Å². The van der Waals surface area contributed by atoms with Gasteiger partial charge in [-0.15, -0.1) is 0 Å². The highest BCUT2D eigenvalue weighted by molar-refractivity contribution is 6.32. The Kier molecular flexibility index (Phi) is 5.68. The minimum atomic E-state index is -0.801. The number of hydrogen-bond acceptors (Lipinski definition) is 7. The largest absolute Gasteiger partial charge is 0.379 e. The van der Waals surface area contributed by atoms with Gasteiger partial charge in [0.2, 0.25) is 0 Å². The Morgan fingerprint density at radius 2 is 1.82 bits per heavy atom. The van der Waals surface area contributed by atoms with Crippen LogP contribution in [0.15, 0.2) is 29.1 Å². The molecule has 9 heteroatoms. The molecule has 4 N–H and O–H groups in total. The number of H-pyrrole nitrogens is 1. The highest BCUT2D eigenvalue weighted by Crippen LogP contribution is 2.24. The third kappa shape index (κ3) is 3.86. The van der Waals surface area contributed by atoms with Crippen molar-refractivity contribution in [2.75, 3.05) is 0 Å². The molecule has 1 aliphatic rings. The summed E-state index contributed by atoms with van der Waals surface area (Å²) in [5.74, 6) is 0.0351. The number of aromatic nitrogens is 3. The Hall–Kier alpha value is -2.88. The van der Waals surface area contributed by atoms with Gasteiger partial charge in [0, 0.05) is 30.3 Å². The van der Waals surface area contributed by atoms with Crippen molar-refractivity contribution in [2.45, 2.75) is 46.7 Å². The standard InChI is InChI=1S/C19H24N6O3/c1-10-15(9-25(12(3)26)13(4)27)11(2)22-16(10)8-14-17(23-24-19(14)28)18-20-6-5-7-21-18/h5-8,12-13,22,26-27H,9H2,1-4H3,(H,24,28). The van der Waals surface area contributed by atoms with E-state index in [-0.39, 0.29) is 5.91 Å². The summed E-state index contributed by atoms with van der Waals surface area (Å²) in [6.07, 6.45) is 3.30. The van der Waals surface area contributed by atoms with E-state index in [0.29, 0.717) is 23.7 Å². The van der Waals surface area contributed by atoms with Crippen LogP contribution in [0.25, 0.3) is 6.08 Å². The highest BCUT2D eigenvalue weighted by atomic mass is 16.3. The molecule has 3 heterocycles. The third-order valence-electron chi connectivity index (χ3n) is 4.77. The molecule has 0 spiro atoms. The molecule has 2 atom stereocenters. The van der Waals surface area contributed by atoms with Gasteiger partial charge < -0.3 is 15.2 Å². The molecule has 148 valence electrons. The summed E-state index contributed by atoms with van der Waals surface area (Å²) in [5, 5.41) is 23.9. The Balaban J connectivity index is 1.96. The number of nitrogens with one attached hydrogen (secondary N) is 2. The Morgan fingerprint density at radius 3 is 2.43 bits per heavy atom. The molecule has 28 heavy (non-hydrogen) atoms. The lowest BCUT2D eigenvalue weighted by molar-refractivity contribution is -0.116. The summed E-state index contributed by atoms with van der Waals surface area (Å²) in [7, 11) is 0. The number of carbonyl (C=O) groups is 1. The minimum absolute atomic E-state index is 0.328. The fourth-order valence-electron chi connectivity index (χ4n) is 3.16. The normalized spacial score (nSPS) is 17.8. The van der Waals surface area contributed by atoms with Gasteiger partial charge in [0.25, 0.3) is 5.91 Å². The third-order valence-corrected chi connectivity index (χ3v) is 4.77. The topological polar surface area (TPSA) is 127 Å². The van der Waals surface area contributed by atoms with Crippen LogP contribution in [0.3, 0.4) is 0 Å². The first-order valence-corrected chi connectivity index (χ1v) is 8.97. The van der Waals surface area contributed by atoms with Crippen LogP contribution >= 0.6 is 0 Å². The molecule has 0 saturated heterocycles. The number of nitrogens with zero attached hydrogens (tertiary/aromatic N) is 4. The second kappa shape index (κ2) is 8.01. The predicted molar refractivity (Wildman–Crippen MR) is 104 cm³/mol.